The first-order valence-electron chi connectivity index (χ1n) is 3.60. The highest BCUT2D eigenvalue weighted by Gasteiger charge is 2.03. The van der Waals surface area contributed by atoms with Gasteiger partial charge in [0.1, 0.15) is 0 Å². The van der Waals surface area contributed by atoms with Crippen LogP contribution < -0.4 is 5.32 Å². The molecule has 0 bridgehead atoms. The third-order valence-corrected chi connectivity index (χ3v) is 1.79. The van der Waals surface area contributed by atoms with Gasteiger partial charge >= 0.3 is 0 Å². The molecule has 0 aliphatic rings. The molecule has 0 aliphatic heterocycles. The summed E-state index contributed by atoms with van der Waals surface area (Å²) in [7, 11) is 3.38. The highest BCUT2D eigenvalue weighted by Crippen LogP contribution is 1.85. The molecule has 70 valence electrons. The normalized spacial score (nSPS) is 9.25. The lowest BCUT2D eigenvalue weighted by Crippen LogP contribution is -2.30. The van der Waals surface area contributed by atoms with Crippen molar-refractivity contribution < 1.29 is 9.59 Å². The molecule has 0 spiro atoms. The minimum atomic E-state index is -0.0958. The average Bonchev–Trinajstić information content (AvgIpc) is 2.03. The molecule has 0 heterocycles. The molecule has 1 N–H and O–H groups in total. The summed E-state index contributed by atoms with van der Waals surface area (Å²) in [6, 6.07) is 0. The summed E-state index contributed by atoms with van der Waals surface area (Å²) in [5.74, 6) is -0.0774. The number of hydrogen-bond donors (Lipinski definition) is 1. The maximum Gasteiger partial charge on any atom is 0.230 e. The molecule has 4 nitrogen and oxygen atoms in total. The van der Waals surface area contributed by atoms with Crippen molar-refractivity contribution in [1.29, 1.82) is 0 Å². The van der Waals surface area contributed by atoms with Crippen LogP contribution in [0.4, 0.5) is 0 Å². The lowest BCUT2D eigenvalue weighted by atomic mass is 10.4. The smallest absolute Gasteiger partial charge is 0.230 e. The van der Waals surface area contributed by atoms with Gasteiger partial charge in [-0.1, -0.05) is 15.9 Å². The number of carbonyl (C=O) groups is 2. The van der Waals surface area contributed by atoms with Crippen molar-refractivity contribution in [3.63, 3.8) is 0 Å². The van der Waals surface area contributed by atoms with E-state index in [4.69, 9.17) is 0 Å². The molecule has 0 aromatic rings. The number of amides is 2. The Balaban J connectivity index is 3.44. The number of rotatable bonds is 4. The summed E-state index contributed by atoms with van der Waals surface area (Å²) in [5.41, 5.74) is 0. The predicted octanol–water partition coefficient (Wildman–Crippen LogP) is -0.0242. The lowest BCUT2D eigenvalue weighted by molar-refractivity contribution is -0.128. The van der Waals surface area contributed by atoms with Crippen LogP contribution in [0.5, 0.6) is 0 Å². The molecule has 0 aromatic carbocycles. The molecule has 0 unspecified atom stereocenters. The van der Waals surface area contributed by atoms with Gasteiger partial charge in [0, 0.05) is 27.1 Å². The lowest BCUT2D eigenvalue weighted by Gasteiger charge is -2.09. The van der Waals surface area contributed by atoms with E-state index in [9.17, 15) is 9.59 Å². The zero-order valence-electron chi connectivity index (χ0n) is 7.26. The van der Waals surface area contributed by atoms with Crippen molar-refractivity contribution in [3.05, 3.63) is 0 Å². The Morgan fingerprint density at radius 3 is 2.42 bits per heavy atom. The van der Waals surface area contributed by atoms with Crippen LogP contribution in [0.25, 0.3) is 0 Å². The van der Waals surface area contributed by atoms with Crippen LogP contribution in [-0.2, 0) is 9.59 Å². The molecule has 5 heteroatoms. The van der Waals surface area contributed by atoms with Crippen molar-refractivity contribution in [3.8, 4) is 0 Å². The number of nitrogens with zero attached hydrogens (tertiary/aromatic N) is 1. The SMILES string of the molecule is CN(C)C(=O)CCNC(=O)CBr. The molecule has 0 aromatic heterocycles. The van der Waals surface area contributed by atoms with Crippen LogP contribution in [0.3, 0.4) is 0 Å². The second kappa shape index (κ2) is 5.99. The summed E-state index contributed by atoms with van der Waals surface area (Å²) >= 11 is 3.00. The second-order valence-electron chi connectivity index (χ2n) is 2.52. The van der Waals surface area contributed by atoms with E-state index in [1.165, 1.54) is 4.90 Å². The van der Waals surface area contributed by atoms with Crippen LogP contribution in [0.15, 0.2) is 0 Å². The van der Waals surface area contributed by atoms with Gasteiger partial charge in [0.05, 0.1) is 5.33 Å². The molecule has 0 atom stereocenters. The Kier molecular flexibility index (Phi) is 5.70. The maximum absolute atomic E-state index is 11.0. The average molecular weight is 237 g/mol. The Hall–Kier alpha value is -0.580. The van der Waals surface area contributed by atoms with E-state index >= 15 is 0 Å². The van der Waals surface area contributed by atoms with Gasteiger partial charge in [0.2, 0.25) is 11.8 Å². The summed E-state index contributed by atoms with van der Waals surface area (Å²) in [5, 5.41) is 2.87. The molecule has 0 saturated heterocycles. The Morgan fingerprint density at radius 2 is 2.00 bits per heavy atom. The molecule has 0 radical (unpaired) electrons. The fourth-order valence-electron chi connectivity index (χ4n) is 0.580. The first kappa shape index (κ1) is 11.4. The van der Waals surface area contributed by atoms with Crippen molar-refractivity contribution in [2.45, 2.75) is 6.42 Å². The van der Waals surface area contributed by atoms with Crippen molar-refractivity contribution >= 4 is 27.7 Å². The van der Waals surface area contributed by atoms with Crippen LogP contribution in [0, 0.1) is 0 Å². The quantitative estimate of drug-likeness (QED) is 0.698. The van der Waals surface area contributed by atoms with Crippen LogP contribution in [0.2, 0.25) is 0 Å². The van der Waals surface area contributed by atoms with E-state index in [-0.39, 0.29) is 17.1 Å². The van der Waals surface area contributed by atoms with Crippen LogP contribution >= 0.6 is 15.9 Å². The predicted molar refractivity (Wildman–Crippen MR) is 50.1 cm³/mol. The second-order valence-corrected chi connectivity index (χ2v) is 3.08. The number of carbonyl (C=O) groups excluding carboxylic acids is 2. The van der Waals surface area contributed by atoms with Gasteiger partial charge in [-0.05, 0) is 0 Å². The van der Waals surface area contributed by atoms with Crippen molar-refractivity contribution in [1.82, 2.24) is 10.2 Å². The molecule has 0 aliphatic carbocycles. The fourth-order valence-corrected chi connectivity index (χ4v) is 0.778. The van der Waals surface area contributed by atoms with E-state index < -0.39 is 0 Å². The first-order chi connectivity index (χ1) is 5.57. The van der Waals surface area contributed by atoms with Gasteiger partial charge in [-0.3, -0.25) is 9.59 Å². The zero-order chi connectivity index (χ0) is 9.56. The fraction of sp³-hybridized carbons (Fsp3) is 0.714. The van der Waals surface area contributed by atoms with Crippen molar-refractivity contribution in [2.24, 2.45) is 0 Å². The van der Waals surface area contributed by atoms with Gasteiger partial charge in [-0.2, -0.15) is 0 Å². The zero-order valence-corrected chi connectivity index (χ0v) is 8.85. The number of nitrogens with one attached hydrogen (secondary N) is 1. The first-order valence-corrected chi connectivity index (χ1v) is 4.73. The third-order valence-electron chi connectivity index (χ3n) is 1.28. The monoisotopic (exact) mass is 236 g/mol. The third kappa shape index (κ3) is 5.12. The highest BCUT2D eigenvalue weighted by atomic mass is 79.9. The van der Waals surface area contributed by atoms with E-state index in [0.29, 0.717) is 13.0 Å². The Labute approximate surface area is 80.4 Å². The standard InChI is InChI=1S/C7H13BrN2O2/c1-10(2)7(12)3-4-9-6(11)5-8/h3-5H2,1-2H3,(H,9,11). The van der Waals surface area contributed by atoms with Gasteiger partial charge in [-0.15, -0.1) is 0 Å². The van der Waals surface area contributed by atoms with Gasteiger partial charge in [-0.25, -0.2) is 0 Å². The molecule has 0 saturated carbocycles. The van der Waals surface area contributed by atoms with Gasteiger partial charge in [0.15, 0.2) is 0 Å². The summed E-state index contributed by atoms with van der Waals surface area (Å²) in [6.07, 6.45) is 0.353. The molecular formula is C7H13BrN2O2. The van der Waals surface area contributed by atoms with Crippen molar-refractivity contribution in [2.75, 3.05) is 26.0 Å². The largest absolute Gasteiger partial charge is 0.355 e. The Bertz CT molecular complexity index is 171. The van der Waals surface area contributed by atoms with E-state index in [2.05, 4.69) is 21.2 Å². The van der Waals surface area contributed by atoms with Crippen LogP contribution in [0.1, 0.15) is 6.42 Å². The molecular weight excluding hydrogens is 224 g/mol. The van der Waals surface area contributed by atoms with E-state index in [0.717, 1.165) is 0 Å². The topological polar surface area (TPSA) is 49.4 Å². The summed E-state index contributed by atoms with van der Waals surface area (Å²) < 4.78 is 0. The maximum atomic E-state index is 11.0. The summed E-state index contributed by atoms with van der Waals surface area (Å²) in [6.45, 7) is 0.404. The summed E-state index contributed by atoms with van der Waals surface area (Å²) in [4.78, 5) is 23.2. The molecule has 2 amide bonds. The minimum absolute atomic E-state index is 0.0184. The highest BCUT2D eigenvalue weighted by molar-refractivity contribution is 9.09. The molecule has 12 heavy (non-hydrogen) atoms. The van der Waals surface area contributed by atoms with Gasteiger partial charge < -0.3 is 10.2 Å². The minimum Gasteiger partial charge on any atom is -0.355 e. The van der Waals surface area contributed by atoms with Crippen LogP contribution in [-0.4, -0.2) is 42.7 Å². The molecule has 0 fully saturated rings. The van der Waals surface area contributed by atoms with E-state index in [1.807, 2.05) is 0 Å². The number of halogens is 1. The Morgan fingerprint density at radius 1 is 1.42 bits per heavy atom. The number of alkyl halides is 1. The molecule has 0 rings (SSSR count). The van der Waals surface area contributed by atoms with Gasteiger partial charge in [0.25, 0.3) is 0 Å². The van der Waals surface area contributed by atoms with E-state index in [1.54, 1.807) is 14.1 Å². The number of hydrogen-bond acceptors (Lipinski definition) is 2.